The first-order valence-electron chi connectivity index (χ1n) is 9.52. The van der Waals surface area contributed by atoms with Crippen molar-refractivity contribution in [3.63, 3.8) is 0 Å². The summed E-state index contributed by atoms with van der Waals surface area (Å²) in [6, 6.07) is 9.71. The molecule has 1 aromatic rings. The number of para-hydroxylation sites is 1. The molecule has 0 spiro atoms. The van der Waals surface area contributed by atoms with Crippen molar-refractivity contribution in [1.82, 2.24) is 10.6 Å². The number of nitrogens with zero attached hydrogens (tertiary/aromatic N) is 1. The number of hydrogen-bond acceptors (Lipinski definition) is 4. The van der Waals surface area contributed by atoms with E-state index in [2.05, 4.69) is 49.0 Å². The smallest absolute Gasteiger partial charge is 0.246 e. The predicted molar refractivity (Wildman–Crippen MR) is 112 cm³/mol. The van der Waals surface area contributed by atoms with Crippen molar-refractivity contribution >= 4 is 11.6 Å². The van der Waals surface area contributed by atoms with Gasteiger partial charge in [-0.25, -0.2) is 0 Å². The van der Waals surface area contributed by atoms with Crippen molar-refractivity contribution in [1.29, 1.82) is 5.26 Å². The Morgan fingerprint density at radius 2 is 2.04 bits per heavy atom. The zero-order chi connectivity index (χ0) is 20.2. The zero-order valence-electron chi connectivity index (χ0n) is 16.7. The van der Waals surface area contributed by atoms with Crippen LogP contribution in [0.25, 0.3) is 0 Å². The molecule has 0 bridgehead atoms. The molecular formula is C22H32N4O. The van der Waals surface area contributed by atoms with E-state index >= 15 is 0 Å². The number of carbonyl (C=O) groups is 1. The van der Waals surface area contributed by atoms with Crippen molar-refractivity contribution in [2.24, 2.45) is 5.92 Å². The predicted octanol–water partition coefficient (Wildman–Crippen LogP) is 4.28. The van der Waals surface area contributed by atoms with Gasteiger partial charge in [0.15, 0.2) is 0 Å². The Hall–Kier alpha value is -2.74. The van der Waals surface area contributed by atoms with Gasteiger partial charge in [0, 0.05) is 11.4 Å². The van der Waals surface area contributed by atoms with E-state index in [9.17, 15) is 10.1 Å². The Morgan fingerprint density at radius 1 is 1.33 bits per heavy atom. The summed E-state index contributed by atoms with van der Waals surface area (Å²) in [5.74, 6) is -0.159. The van der Waals surface area contributed by atoms with E-state index in [4.69, 9.17) is 0 Å². The standard InChI is InChI=1S/C22H32N4O/c1-6-8-11-19(14-23)17(4)20-12-9-10-13-21(20)26-22(27)18(5)25-16(3)15-24-7-2/h7,9-10,12-13,17-19,24-25H,2-3,6,8,11,15H2,1,4-5H3,(H,26,27)/t17?,18-,19?/m1/s1. The number of nitriles is 1. The Kier molecular flexibility index (Phi) is 9.74. The van der Waals surface area contributed by atoms with Gasteiger partial charge in [-0.05, 0) is 37.1 Å². The third-order valence-electron chi connectivity index (χ3n) is 4.62. The molecule has 0 saturated heterocycles. The second-order valence-electron chi connectivity index (χ2n) is 6.80. The summed E-state index contributed by atoms with van der Waals surface area (Å²) in [5.41, 5.74) is 2.46. The summed E-state index contributed by atoms with van der Waals surface area (Å²) in [6.07, 6.45) is 4.54. The quantitative estimate of drug-likeness (QED) is 0.514. The van der Waals surface area contributed by atoms with Crippen LogP contribution in [-0.2, 0) is 4.79 Å². The van der Waals surface area contributed by atoms with Crippen molar-refractivity contribution < 1.29 is 4.79 Å². The van der Waals surface area contributed by atoms with Crippen molar-refractivity contribution in [3.05, 3.63) is 54.9 Å². The van der Waals surface area contributed by atoms with E-state index in [1.807, 2.05) is 24.3 Å². The Bertz CT molecular complexity index is 677. The third-order valence-corrected chi connectivity index (χ3v) is 4.62. The van der Waals surface area contributed by atoms with Crippen LogP contribution in [0, 0.1) is 17.2 Å². The van der Waals surface area contributed by atoms with Gasteiger partial charge in [-0.1, -0.05) is 58.0 Å². The number of nitrogens with one attached hydrogen (secondary N) is 3. The number of benzene rings is 1. The highest BCUT2D eigenvalue weighted by atomic mass is 16.2. The van der Waals surface area contributed by atoms with Gasteiger partial charge < -0.3 is 16.0 Å². The third kappa shape index (κ3) is 7.18. The summed E-state index contributed by atoms with van der Waals surface area (Å²) in [6.45, 7) is 14.0. The molecule has 2 unspecified atom stereocenters. The lowest BCUT2D eigenvalue weighted by atomic mass is 9.84. The molecule has 27 heavy (non-hydrogen) atoms. The van der Waals surface area contributed by atoms with Crippen LogP contribution >= 0.6 is 0 Å². The molecule has 3 N–H and O–H groups in total. The topological polar surface area (TPSA) is 76.9 Å². The molecule has 0 radical (unpaired) electrons. The summed E-state index contributed by atoms with van der Waals surface area (Å²) in [4.78, 5) is 12.6. The second kappa shape index (κ2) is 11.8. The Labute approximate surface area is 163 Å². The first-order valence-corrected chi connectivity index (χ1v) is 9.52. The number of hydrogen-bond donors (Lipinski definition) is 3. The lowest BCUT2D eigenvalue weighted by Crippen LogP contribution is -2.39. The molecule has 146 valence electrons. The van der Waals surface area contributed by atoms with E-state index in [1.165, 1.54) is 0 Å². The van der Waals surface area contributed by atoms with Crippen LogP contribution in [0.3, 0.4) is 0 Å². The van der Waals surface area contributed by atoms with Gasteiger partial charge in [0.05, 0.1) is 18.5 Å². The van der Waals surface area contributed by atoms with Crippen molar-refractivity contribution in [2.75, 3.05) is 11.9 Å². The van der Waals surface area contributed by atoms with E-state index < -0.39 is 6.04 Å². The fourth-order valence-corrected chi connectivity index (χ4v) is 2.93. The second-order valence-corrected chi connectivity index (χ2v) is 6.80. The van der Waals surface area contributed by atoms with E-state index in [-0.39, 0.29) is 17.7 Å². The number of anilines is 1. The first kappa shape index (κ1) is 22.3. The molecule has 0 heterocycles. The highest BCUT2D eigenvalue weighted by Crippen LogP contribution is 2.32. The Morgan fingerprint density at radius 3 is 2.67 bits per heavy atom. The van der Waals surface area contributed by atoms with Crippen LogP contribution in [0.15, 0.2) is 49.3 Å². The maximum Gasteiger partial charge on any atom is 0.246 e. The number of unbranched alkanes of at least 4 members (excludes halogenated alkanes) is 1. The molecule has 0 aliphatic heterocycles. The molecule has 0 aromatic heterocycles. The maximum atomic E-state index is 12.6. The van der Waals surface area contributed by atoms with E-state index in [0.29, 0.717) is 12.2 Å². The van der Waals surface area contributed by atoms with Crippen LogP contribution in [0.2, 0.25) is 0 Å². The average Bonchev–Trinajstić information content (AvgIpc) is 2.67. The minimum Gasteiger partial charge on any atom is -0.386 e. The van der Waals surface area contributed by atoms with Gasteiger partial charge >= 0.3 is 0 Å². The largest absolute Gasteiger partial charge is 0.386 e. The summed E-state index contributed by atoms with van der Waals surface area (Å²) in [5, 5.41) is 18.6. The molecule has 0 fully saturated rings. The summed E-state index contributed by atoms with van der Waals surface area (Å²) >= 11 is 0. The molecule has 3 atom stereocenters. The lowest BCUT2D eigenvalue weighted by Gasteiger charge is -2.23. The molecule has 0 saturated carbocycles. The molecular weight excluding hydrogens is 336 g/mol. The minimum absolute atomic E-state index is 0.0491. The number of amides is 1. The molecule has 1 amide bonds. The van der Waals surface area contributed by atoms with Crippen LogP contribution in [-0.4, -0.2) is 18.5 Å². The van der Waals surface area contributed by atoms with Gasteiger partial charge in [-0.15, -0.1) is 0 Å². The maximum absolute atomic E-state index is 12.6. The van der Waals surface area contributed by atoms with Gasteiger partial charge in [0.25, 0.3) is 0 Å². The van der Waals surface area contributed by atoms with E-state index in [1.54, 1.807) is 13.1 Å². The summed E-state index contributed by atoms with van der Waals surface area (Å²) < 4.78 is 0. The minimum atomic E-state index is -0.431. The van der Waals surface area contributed by atoms with Gasteiger partial charge in [-0.2, -0.15) is 5.26 Å². The molecule has 5 nitrogen and oxygen atoms in total. The fraction of sp³-hybridized carbons (Fsp3) is 0.455. The molecule has 5 heteroatoms. The molecule has 0 aliphatic carbocycles. The number of carbonyl (C=O) groups excluding carboxylic acids is 1. The van der Waals surface area contributed by atoms with Crippen LogP contribution < -0.4 is 16.0 Å². The van der Waals surface area contributed by atoms with Gasteiger partial charge in [0.2, 0.25) is 5.91 Å². The lowest BCUT2D eigenvalue weighted by molar-refractivity contribution is -0.117. The van der Waals surface area contributed by atoms with Crippen molar-refractivity contribution in [3.8, 4) is 6.07 Å². The van der Waals surface area contributed by atoms with Gasteiger partial charge in [0.1, 0.15) is 6.04 Å². The zero-order valence-corrected chi connectivity index (χ0v) is 16.7. The SMILES string of the molecule is C=CNCC(=C)N[C@H](C)C(=O)Nc1ccccc1C(C)C(C#N)CCCC. The van der Waals surface area contributed by atoms with Crippen LogP contribution in [0.1, 0.15) is 51.5 Å². The highest BCUT2D eigenvalue weighted by Gasteiger charge is 2.22. The normalized spacial score (nSPS) is 13.6. The molecule has 0 aliphatic rings. The van der Waals surface area contributed by atoms with Crippen molar-refractivity contribution in [2.45, 2.75) is 52.0 Å². The first-order chi connectivity index (χ1) is 12.9. The van der Waals surface area contributed by atoms with Crippen LogP contribution in [0.4, 0.5) is 5.69 Å². The van der Waals surface area contributed by atoms with Gasteiger partial charge in [-0.3, -0.25) is 4.79 Å². The monoisotopic (exact) mass is 368 g/mol. The Balaban J connectivity index is 2.83. The highest BCUT2D eigenvalue weighted by molar-refractivity contribution is 5.95. The fourth-order valence-electron chi connectivity index (χ4n) is 2.93. The van der Waals surface area contributed by atoms with E-state index in [0.717, 1.165) is 30.5 Å². The molecule has 1 aromatic carbocycles. The summed E-state index contributed by atoms with van der Waals surface area (Å²) in [7, 11) is 0. The molecule has 1 rings (SSSR count). The van der Waals surface area contributed by atoms with Crippen LogP contribution in [0.5, 0.6) is 0 Å². The average molecular weight is 369 g/mol. The number of rotatable bonds is 12.